The van der Waals surface area contributed by atoms with Gasteiger partial charge in [-0.25, -0.2) is 0 Å². The molecule has 1 saturated carbocycles. The van der Waals surface area contributed by atoms with Crippen molar-refractivity contribution in [3.63, 3.8) is 0 Å². The molecule has 0 bridgehead atoms. The van der Waals surface area contributed by atoms with Crippen molar-refractivity contribution in [2.75, 3.05) is 0 Å². The molecular formula is C16H28N2O2. The molecule has 20 heavy (non-hydrogen) atoms. The van der Waals surface area contributed by atoms with Crippen LogP contribution in [0.25, 0.3) is 0 Å². The SMILES string of the molecule is CCC(C)N1C(=O)C(C)(C2CC2)NC(=O)C1C(C)(C)C. The van der Waals surface area contributed by atoms with Crippen molar-refractivity contribution in [1.29, 1.82) is 0 Å². The molecule has 2 rings (SSSR count). The largest absolute Gasteiger partial charge is 0.340 e. The van der Waals surface area contributed by atoms with Gasteiger partial charge in [0.1, 0.15) is 11.6 Å². The van der Waals surface area contributed by atoms with Gasteiger partial charge in [-0.1, -0.05) is 27.7 Å². The zero-order valence-corrected chi connectivity index (χ0v) is 13.6. The first-order valence-corrected chi connectivity index (χ1v) is 7.77. The Morgan fingerprint density at radius 3 is 2.30 bits per heavy atom. The summed E-state index contributed by atoms with van der Waals surface area (Å²) >= 11 is 0. The van der Waals surface area contributed by atoms with Crippen LogP contribution in [0.1, 0.15) is 60.8 Å². The number of nitrogens with one attached hydrogen (secondary N) is 1. The van der Waals surface area contributed by atoms with E-state index in [4.69, 9.17) is 0 Å². The van der Waals surface area contributed by atoms with Gasteiger partial charge >= 0.3 is 0 Å². The zero-order valence-electron chi connectivity index (χ0n) is 13.6. The Hall–Kier alpha value is -1.06. The standard InChI is InChI=1S/C16H28N2O2/c1-7-10(2)18-12(15(3,4)5)13(19)17-16(6,14(18)20)11-8-9-11/h10-12H,7-9H2,1-6H3,(H,17,19). The summed E-state index contributed by atoms with van der Waals surface area (Å²) in [7, 11) is 0. The summed E-state index contributed by atoms with van der Waals surface area (Å²) in [5, 5.41) is 3.04. The quantitative estimate of drug-likeness (QED) is 0.862. The summed E-state index contributed by atoms with van der Waals surface area (Å²) in [5.74, 6) is 0.423. The Bertz CT molecular complexity index is 423. The molecule has 2 fully saturated rings. The third kappa shape index (κ3) is 2.33. The van der Waals surface area contributed by atoms with Gasteiger partial charge in [-0.2, -0.15) is 0 Å². The van der Waals surface area contributed by atoms with Crippen molar-refractivity contribution in [2.45, 2.75) is 78.4 Å². The van der Waals surface area contributed by atoms with Crippen LogP contribution in [0, 0.1) is 11.3 Å². The Kier molecular flexibility index (Phi) is 3.64. The number of carbonyl (C=O) groups excluding carboxylic acids is 2. The van der Waals surface area contributed by atoms with Gasteiger partial charge in [-0.3, -0.25) is 9.59 Å². The third-order valence-electron chi connectivity index (χ3n) is 4.87. The minimum Gasteiger partial charge on any atom is -0.340 e. The summed E-state index contributed by atoms with van der Waals surface area (Å²) < 4.78 is 0. The predicted octanol–water partition coefficient (Wildman–Crippen LogP) is 2.33. The number of nitrogens with zero attached hydrogens (tertiary/aromatic N) is 1. The second-order valence-corrected chi connectivity index (χ2v) is 7.70. The Balaban J connectivity index is 2.41. The fourth-order valence-corrected chi connectivity index (χ4v) is 3.29. The molecule has 0 aromatic rings. The second-order valence-electron chi connectivity index (χ2n) is 7.70. The molecule has 1 heterocycles. The maximum Gasteiger partial charge on any atom is 0.249 e. The molecule has 1 N–H and O–H groups in total. The molecule has 114 valence electrons. The Labute approximate surface area is 122 Å². The molecule has 0 radical (unpaired) electrons. The maximum atomic E-state index is 13.0. The number of carbonyl (C=O) groups is 2. The highest BCUT2D eigenvalue weighted by Crippen LogP contribution is 2.44. The molecule has 2 aliphatic rings. The van der Waals surface area contributed by atoms with E-state index in [0.717, 1.165) is 19.3 Å². The summed E-state index contributed by atoms with van der Waals surface area (Å²) in [6, 6.07) is -0.285. The normalized spacial score (nSPS) is 33.1. The minimum absolute atomic E-state index is 0.00630. The summed E-state index contributed by atoms with van der Waals surface area (Å²) in [6.45, 7) is 12.1. The van der Waals surface area contributed by atoms with Gasteiger partial charge in [0.05, 0.1) is 0 Å². The van der Waals surface area contributed by atoms with Crippen LogP contribution in [-0.4, -0.2) is 34.3 Å². The third-order valence-corrected chi connectivity index (χ3v) is 4.87. The van der Waals surface area contributed by atoms with Crippen LogP contribution in [0.4, 0.5) is 0 Å². The van der Waals surface area contributed by atoms with Crippen molar-refractivity contribution in [2.24, 2.45) is 11.3 Å². The van der Waals surface area contributed by atoms with E-state index in [2.05, 4.69) is 12.2 Å². The molecule has 1 aliphatic carbocycles. The Morgan fingerprint density at radius 2 is 1.90 bits per heavy atom. The van der Waals surface area contributed by atoms with Crippen molar-refractivity contribution in [1.82, 2.24) is 10.2 Å². The molecule has 1 aliphatic heterocycles. The van der Waals surface area contributed by atoms with Gasteiger partial charge in [0.25, 0.3) is 0 Å². The number of hydrogen-bond acceptors (Lipinski definition) is 2. The van der Waals surface area contributed by atoms with E-state index >= 15 is 0 Å². The van der Waals surface area contributed by atoms with Crippen LogP contribution < -0.4 is 5.32 Å². The number of rotatable bonds is 3. The van der Waals surface area contributed by atoms with Gasteiger partial charge < -0.3 is 10.2 Å². The summed E-state index contributed by atoms with van der Waals surface area (Å²) in [4.78, 5) is 27.6. The molecule has 4 heteroatoms. The highest BCUT2D eigenvalue weighted by atomic mass is 16.2. The van der Waals surface area contributed by atoms with Crippen LogP contribution in [0.15, 0.2) is 0 Å². The van der Waals surface area contributed by atoms with Crippen LogP contribution in [0.3, 0.4) is 0 Å². The smallest absolute Gasteiger partial charge is 0.249 e. The van der Waals surface area contributed by atoms with E-state index in [1.54, 1.807) is 0 Å². The number of piperazine rings is 1. The Morgan fingerprint density at radius 1 is 1.35 bits per heavy atom. The van der Waals surface area contributed by atoms with Crippen molar-refractivity contribution < 1.29 is 9.59 Å². The predicted molar refractivity (Wildman–Crippen MR) is 79.1 cm³/mol. The second kappa shape index (κ2) is 4.74. The lowest BCUT2D eigenvalue weighted by Crippen LogP contribution is -2.73. The van der Waals surface area contributed by atoms with Crippen molar-refractivity contribution in [3.8, 4) is 0 Å². The molecule has 2 amide bonds. The first-order valence-electron chi connectivity index (χ1n) is 7.77. The van der Waals surface area contributed by atoms with Crippen LogP contribution in [0.2, 0.25) is 0 Å². The van der Waals surface area contributed by atoms with Gasteiger partial charge in [0.15, 0.2) is 0 Å². The van der Waals surface area contributed by atoms with Gasteiger partial charge in [0, 0.05) is 6.04 Å². The maximum absolute atomic E-state index is 13.0. The highest BCUT2D eigenvalue weighted by molar-refractivity contribution is 6.00. The molecule has 0 aromatic carbocycles. The van der Waals surface area contributed by atoms with Gasteiger partial charge in [0.2, 0.25) is 11.8 Å². The number of amides is 2. The number of hydrogen-bond donors (Lipinski definition) is 1. The average Bonchev–Trinajstić information content (AvgIpc) is 3.15. The molecule has 1 saturated heterocycles. The summed E-state index contributed by atoms with van der Waals surface area (Å²) in [6.07, 6.45) is 2.94. The van der Waals surface area contributed by atoms with E-state index in [1.807, 2.05) is 39.5 Å². The van der Waals surface area contributed by atoms with E-state index in [9.17, 15) is 9.59 Å². The van der Waals surface area contributed by atoms with E-state index in [-0.39, 0.29) is 29.3 Å². The van der Waals surface area contributed by atoms with Crippen molar-refractivity contribution >= 4 is 11.8 Å². The molecule has 0 spiro atoms. The van der Waals surface area contributed by atoms with Crippen molar-refractivity contribution in [3.05, 3.63) is 0 Å². The molecule has 3 atom stereocenters. The molecule has 0 aromatic heterocycles. The first kappa shape index (κ1) is 15.3. The fourth-order valence-electron chi connectivity index (χ4n) is 3.29. The van der Waals surface area contributed by atoms with Crippen LogP contribution >= 0.6 is 0 Å². The van der Waals surface area contributed by atoms with Crippen LogP contribution in [-0.2, 0) is 9.59 Å². The zero-order chi connectivity index (χ0) is 15.3. The first-order chi connectivity index (χ1) is 9.13. The molecule has 4 nitrogen and oxygen atoms in total. The van der Waals surface area contributed by atoms with E-state index in [1.165, 1.54) is 0 Å². The van der Waals surface area contributed by atoms with Gasteiger partial charge in [-0.15, -0.1) is 0 Å². The summed E-state index contributed by atoms with van der Waals surface area (Å²) in [5.41, 5.74) is -0.948. The van der Waals surface area contributed by atoms with Gasteiger partial charge in [-0.05, 0) is 44.4 Å². The monoisotopic (exact) mass is 280 g/mol. The topological polar surface area (TPSA) is 49.4 Å². The lowest BCUT2D eigenvalue weighted by atomic mass is 9.79. The lowest BCUT2D eigenvalue weighted by Gasteiger charge is -2.51. The molecular weight excluding hydrogens is 252 g/mol. The van der Waals surface area contributed by atoms with E-state index in [0.29, 0.717) is 5.92 Å². The fraction of sp³-hybridized carbons (Fsp3) is 0.875. The highest BCUT2D eigenvalue weighted by Gasteiger charge is 2.57. The average molecular weight is 280 g/mol. The van der Waals surface area contributed by atoms with Crippen LogP contribution in [0.5, 0.6) is 0 Å². The minimum atomic E-state index is -0.692. The molecule has 3 unspecified atom stereocenters. The lowest BCUT2D eigenvalue weighted by molar-refractivity contribution is -0.162. The van der Waals surface area contributed by atoms with E-state index < -0.39 is 5.54 Å².